The second-order valence-electron chi connectivity index (χ2n) is 9.71. The largest absolute Gasteiger partial charge is 0.366 e. The van der Waals surface area contributed by atoms with Crippen molar-refractivity contribution in [2.45, 2.75) is 26.7 Å². The van der Waals surface area contributed by atoms with Crippen LogP contribution in [0.15, 0.2) is 89.7 Å². The molecule has 40 heavy (non-hydrogen) atoms. The molecule has 6 nitrogen and oxygen atoms in total. The van der Waals surface area contributed by atoms with Gasteiger partial charge in [0, 0.05) is 55.0 Å². The Morgan fingerprint density at radius 1 is 0.725 bits per heavy atom. The van der Waals surface area contributed by atoms with Gasteiger partial charge in [0.15, 0.2) is 0 Å². The minimum absolute atomic E-state index is 0.413. The smallest absolute Gasteiger partial charge is 0.248 e. The van der Waals surface area contributed by atoms with Crippen LogP contribution >= 0.6 is 15.9 Å². The minimum atomic E-state index is -0.413. The first kappa shape index (κ1) is 25.8. The van der Waals surface area contributed by atoms with Crippen molar-refractivity contribution in [2.24, 2.45) is 5.73 Å². The lowest BCUT2D eigenvalue weighted by atomic mass is 10.0. The number of fused-ring (bicyclic) bond motifs is 6. The van der Waals surface area contributed by atoms with Gasteiger partial charge < -0.3 is 15.7 Å². The SMILES string of the molecule is CCc1nccc2c1[nH]c1ccc(-c3cccc(C(N)=O)c3)cc12.CCc1nccc2c1[nH]c1ccc(Br)cc12. The topological polar surface area (TPSA) is 100 Å². The van der Waals surface area contributed by atoms with Crippen molar-refractivity contribution in [3.63, 3.8) is 0 Å². The number of rotatable bonds is 4. The Balaban J connectivity index is 0.000000157. The summed E-state index contributed by atoms with van der Waals surface area (Å²) in [5.41, 5.74) is 14.7. The lowest BCUT2D eigenvalue weighted by Gasteiger charge is -2.04. The lowest BCUT2D eigenvalue weighted by Crippen LogP contribution is -2.10. The quantitative estimate of drug-likeness (QED) is 0.193. The summed E-state index contributed by atoms with van der Waals surface area (Å²) in [6, 6.07) is 24.1. The Hall–Kier alpha value is -4.49. The van der Waals surface area contributed by atoms with Gasteiger partial charge in [-0.05, 0) is 78.6 Å². The Bertz CT molecular complexity index is 2040. The number of nitrogens with one attached hydrogen (secondary N) is 2. The number of carbonyl (C=O) groups excluding carboxylic acids is 1. The molecule has 0 fully saturated rings. The molecule has 0 saturated heterocycles. The van der Waals surface area contributed by atoms with Gasteiger partial charge in [0.2, 0.25) is 5.91 Å². The van der Waals surface area contributed by atoms with Gasteiger partial charge in [-0.25, -0.2) is 0 Å². The van der Waals surface area contributed by atoms with Crippen molar-refractivity contribution < 1.29 is 4.79 Å². The molecule has 4 aromatic heterocycles. The fourth-order valence-electron chi connectivity index (χ4n) is 5.30. The molecule has 0 radical (unpaired) electrons. The molecule has 0 unspecified atom stereocenters. The van der Waals surface area contributed by atoms with E-state index in [9.17, 15) is 4.79 Å². The average Bonchev–Trinajstić information content (AvgIpc) is 3.55. The van der Waals surface area contributed by atoms with Gasteiger partial charge in [-0.15, -0.1) is 0 Å². The fourth-order valence-corrected chi connectivity index (χ4v) is 5.66. The first-order valence-corrected chi connectivity index (χ1v) is 14.1. The molecule has 198 valence electrons. The van der Waals surface area contributed by atoms with Crippen LogP contribution in [0.25, 0.3) is 54.7 Å². The highest BCUT2D eigenvalue weighted by Crippen LogP contribution is 2.32. The van der Waals surface area contributed by atoms with E-state index in [4.69, 9.17) is 5.73 Å². The number of amides is 1. The zero-order chi connectivity index (χ0) is 27.8. The molecule has 7 heteroatoms. The number of benzene rings is 3. The zero-order valence-electron chi connectivity index (χ0n) is 22.3. The number of nitrogens with zero attached hydrogens (tertiary/aromatic N) is 2. The van der Waals surface area contributed by atoms with E-state index in [0.717, 1.165) is 61.8 Å². The summed E-state index contributed by atoms with van der Waals surface area (Å²) in [5.74, 6) is -0.413. The van der Waals surface area contributed by atoms with Gasteiger partial charge in [0.05, 0.1) is 22.4 Å². The third-order valence-electron chi connectivity index (χ3n) is 7.31. The number of hydrogen-bond donors (Lipinski definition) is 3. The maximum Gasteiger partial charge on any atom is 0.248 e. The number of aryl methyl sites for hydroxylation is 2. The Labute approximate surface area is 239 Å². The summed E-state index contributed by atoms with van der Waals surface area (Å²) in [6.07, 6.45) is 5.58. The van der Waals surface area contributed by atoms with E-state index < -0.39 is 5.91 Å². The van der Waals surface area contributed by atoms with Gasteiger partial charge in [0.25, 0.3) is 0 Å². The second-order valence-corrected chi connectivity index (χ2v) is 10.6. The number of carbonyl (C=O) groups is 1. The summed E-state index contributed by atoms with van der Waals surface area (Å²) in [4.78, 5) is 27.2. The summed E-state index contributed by atoms with van der Waals surface area (Å²) in [6.45, 7) is 4.23. The molecule has 7 aromatic rings. The van der Waals surface area contributed by atoms with Gasteiger partial charge in [-0.2, -0.15) is 0 Å². The molecular weight excluding hydrogens is 562 g/mol. The fraction of sp³-hybridized carbons (Fsp3) is 0.121. The summed E-state index contributed by atoms with van der Waals surface area (Å²) in [5, 5.41) is 4.83. The van der Waals surface area contributed by atoms with Crippen molar-refractivity contribution in [3.8, 4) is 11.1 Å². The van der Waals surface area contributed by atoms with Crippen LogP contribution in [0.3, 0.4) is 0 Å². The highest BCUT2D eigenvalue weighted by atomic mass is 79.9. The number of aromatic amines is 2. The third kappa shape index (κ3) is 4.62. The molecule has 3 aromatic carbocycles. The number of aromatic nitrogens is 4. The van der Waals surface area contributed by atoms with E-state index in [1.807, 2.05) is 36.7 Å². The number of primary amides is 1. The van der Waals surface area contributed by atoms with Gasteiger partial charge in [-0.3, -0.25) is 14.8 Å². The van der Waals surface area contributed by atoms with E-state index in [-0.39, 0.29) is 0 Å². The maximum atomic E-state index is 11.4. The summed E-state index contributed by atoms with van der Waals surface area (Å²) >= 11 is 3.51. The van der Waals surface area contributed by atoms with Crippen molar-refractivity contribution in [2.75, 3.05) is 0 Å². The Morgan fingerprint density at radius 3 is 1.90 bits per heavy atom. The maximum absolute atomic E-state index is 11.4. The molecule has 0 saturated carbocycles. The second kappa shape index (κ2) is 10.6. The average molecular weight is 591 g/mol. The summed E-state index contributed by atoms with van der Waals surface area (Å²) < 4.78 is 1.11. The number of halogens is 1. The highest BCUT2D eigenvalue weighted by molar-refractivity contribution is 9.10. The van der Waals surface area contributed by atoms with Crippen molar-refractivity contribution in [3.05, 3.63) is 107 Å². The van der Waals surface area contributed by atoms with E-state index in [1.165, 1.54) is 21.7 Å². The van der Waals surface area contributed by atoms with Crippen molar-refractivity contribution in [1.82, 2.24) is 19.9 Å². The molecule has 0 aliphatic rings. The number of pyridine rings is 2. The van der Waals surface area contributed by atoms with Crippen molar-refractivity contribution >= 4 is 65.4 Å². The molecule has 4 heterocycles. The first-order chi connectivity index (χ1) is 19.5. The van der Waals surface area contributed by atoms with Gasteiger partial charge >= 0.3 is 0 Å². The molecule has 7 rings (SSSR count). The molecule has 0 bridgehead atoms. The highest BCUT2D eigenvalue weighted by Gasteiger charge is 2.11. The minimum Gasteiger partial charge on any atom is -0.366 e. The molecule has 0 atom stereocenters. The predicted molar refractivity (Wildman–Crippen MR) is 168 cm³/mol. The van der Waals surface area contributed by atoms with E-state index in [1.54, 1.807) is 6.07 Å². The normalized spacial score (nSPS) is 11.3. The summed E-state index contributed by atoms with van der Waals surface area (Å²) in [7, 11) is 0. The molecule has 4 N–H and O–H groups in total. The van der Waals surface area contributed by atoms with Crippen LogP contribution in [-0.2, 0) is 12.8 Å². The van der Waals surface area contributed by atoms with Crippen LogP contribution in [0, 0.1) is 0 Å². The van der Waals surface area contributed by atoms with Crippen LogP contribution in [0.2, 0.25) is 0 Å². The standard InChI is InChI=1S/C20H17N3O.C13H11BrN2/c1-2-17-19-15(8-9-22-17)16-11-13(6-7-18(16)23-19)12-4-3-5-14(10-12)20(21)24;1-2-11-13-9(5-6-15-11)10-7-8(14)3-4-12(10)16-13/h3-11,23H,2H2,1H3,(H2,21,24);3-7,16H,2H2,1H3. The first-order valence-electron chi connectivity index (χ1n) is 13.3. The Kier molecular flexibility index (Phi) is 6.82. The number of hydrogen-bond acceptors (Lipinski definition) is 3. The molecular formula is C33H28BrN5O. The van der Waals surface area contributed by atoms with Crippen LogP contribution in [0.4, 0.5) is 0 Å². The van der Waals surface area contributed by atoms with Crippen LogP contribution in [-0.4, -0.2) is 25.8 Å². The zero-order valence-corrected chi connectivity index (χ0v) is 23.8. The van der Waals surface area contributed by atoms with Crippen molar-refractivity contribution in [1.29, 1.82) is 0 Å². The molecule has 1 amide bonds. The molecule has 0 spiro atoms. The van der Waals surface area contributed by atoms with Gasteiger partial charge in [0.1, 0.15) is 0 Å². The predicted octanol–water partition coefficient (Wildman–Crippen LogP) is 8.09. The van der Waals surface area contributed by atoms with Crippen LogP contribution in [0.1, 0.15) is 35.6 Å². The van der Waals surface area contributed by atoms with Gasteiger partial charge in [-0.1, -0.05) is 48.0 Å². The monoisotopic (exact) mass is 589 g/mol. The number of nitrogens with two attached hydrogens (primary N) is 1. The number of H-pyrrole nitrogens is 2. The van der Waals surface area contributed by atoms with E-state index in [0.29, 0.717) is 5.56 Å². The lowest BCUT2D eigenvalue weighted by molar-refractivity contribution is 0.100. The van der Waals surface area contributed by atoms with Crippen LogP contribution < -0.4 is 5.73 Å². The Morgan fingerprint density at radius 2 is 1.30 bits per heavy atom. The van der Waals surface area contributed by atoms with Crippen LogP contribution in [0.5, 0.6) is 0 Å². The van der Waals surface area contributed by atoms with E-state index >= 15 is 0 Å². The third-order valence-corrected chi connectivity index (χ3v) is 7.80. The molecule has 0 aliphatic carbocycles. The van der Waals surface area contributed by atoms with E-state index in [2.05, 4.69) is 92.2 Å². The molecule has 0 aliphatic heterocycles.